The average Bonchev–Trinajstić information content (AvgIpc) is 2.33. The molecule has 0 radical (unpaired) electrons. The number of carbonyl (C=O) groups is 1. The zero-order valence-corrected chi connectivity index (χ0v) is 13.5. The molecular weight excluding hydrogens is 260 g/mol. The van der Waals surface area contributed by atoms with Gasteiger partial charge in [-0.3, -0.25) is 5.43 Å². The van der Waals surface area contributed by atoms with E-state index in [0.717, 1.165) is 19.4 Å². The molecule has 120 valence electrons. The lowest BCUT2D eigenvalue weighted by Gasteiger charge is -2.26. The summed E-state index contributed by atoms with van der Waals surface area (Å²) in [7, 11) is 1.64. The molecule has 0 rings (SSSR count). The number of ether oxygens (including phenoxy) is 3. The van der Waals surface area contributed by atoms with Gasteiger partial charge in [-0.05, 0) is 27.2 Å². The average molecular weight is 290 g/mol. The van der Waals surface area contributed by atoms with Crippen LogP contribution in [0.1, 0.15) is 40.5 Å². The van der Waals surface area contributed by atoms with Gasteiger partial charge in [-0.25, -0.2) is 9.80 Å². The Hall–Kier alpha value is -0.850. The Morgan fingerprint density at radius 3 is 2.40 bits per heavy atom. The van der Waals surface area contributed by atoms with Crippen molar-refractivity contribution in [3.05, 3.63) is 0 Å². The number of amides is 1. The minimum atomic E-state index is -0.491. The van der Waals surface area contributed by atoms with Crippen molar-refractivity contribution < 1.29 is 19.0 Å². The first-order chi connectivity index (χ1) is 9.39. The lowest BCUT2D eigenvalue weighted by Crippen LogP contribution is -2.46. The van der Waals surface area contributed by atoms with Gasteiger partial charge in [0.2, 0.25) is 0 Å². The van der Waals surface area contributed by atoms with Gasteiger partial charge in [0.25, 0.3) is 0 Å². The number of hydrogen-bond acceptors (Lipinski definition) is 5. The minimum absolute atomic E-state index is 0.425. The highest BCUT2D eigenvalue weighted by Gasteiger charge is 2.18. The van der Waals surface area contributed by atoms with E-state index in [-0.39, 0.29) is 0 Å². The molecule has 0 saturated carbocycles. The fourth-order valence-corrected chi connectivity index (χ4v) is 1.42. The number of unbranched alkanes of at least 4 members (excludes halogenated alkanes) is 1. The fraction of sp³-hybridized carbons (Fsp3) is 0.929. The van der Waals surface area contributed by atoms with Gasteiger partial charge in [-0.2, -0.15) is 0 Å². The van der Waals surface area contributed by atoms with Gasteiger partial charge in [-0.15, -0.1) is 0 Å². The molecule has 0 aliphatic rings. The maximum Gasteiger partial charge on any atom is 0.422 e. The number of carbonyl (C=O) groups excluding carboxylic acids is 1. The lowest BCUT2D eigenvalue weighted by molar-refractivity contribution is 0.0200. The van der Waals surface area contributed by atoms with Gasteiger partial charge in [0.05, 0.1) is 19.8 Å². The largest absolute Gasteiger partial charge is 0.443 e. The van der Waals surface area contributed by atoms with Crippen LogP contribution >= 0.6 is 0 Å². The molecule has 0 spiro atoms. The molecular formula is C14H30N2O4. The highest BCUT2D eigenvalue weighted by Crippen LogP contribution is 2.06. The third-order valence-corrected chi connectivity index (χ3v) is 2.37. The summed E-state index contributed by atoms with van der Waals surface area (Å²) in [5.41, 5.74) is 2.27. The Morgan fingerprint density at radius 2 is 1.85 bits per heavy atom. The van der Waals surface area contributed by atoms with Crippen LogP contribution in [0, 0.1) is 0 Å². The molecule has 1 N–H and O–H groups in total. The zero-order chi connectivity index (χ0) is 15.4. The van der Waals surface area contributed by atoms with E-state index in [0.29, 0.717) is 26.4 Å². The molecule has 0 fully saturated rings. The summed E-state index contributed by atoms with van der Waals surface area (Å²) >= 11 is 0. The second-order valence-electron chi connectivity index (χ2n) is 5.56. The van der Waals surface area contributed by atoms with E-state index in [4.69, 9.17) is 14.2 Å². The molecule has 0 aliphatic heterocycles. The third-order valence-electron chi connectivity index (χ3n) is 2.37. The number of nitrogens with one attached hydrogen (secondary N) is 1. The topological polar surface area (TPSA) is 60.0 Å². The Balaban J connectivity index is 4.03. The van der Waals surface area contributed by atoms with Gasteiger partial charge in [0.15, 0.2) is 0 Å². The summed E-state index contributed by atoms with van der Waals surface area (Å²) in [5, 5.41) is 1.84. The van der Waals surface area contributed by atoms with Crippen LogP contribution in [0.2, 0.25) is 0 Å². The van der Waals surface area contributed by atoms with Crippen molar-refractivity contribution in [1.29, 1.82) is 0 Å². The molecule has 0 aromatic carbocycles. The van der Waals surface area contributed by atoms with Crippen molar-refractivity contribution in [2.75, 3.05) is 40.0 Å². The summed E-state index contributed by atoms with van der Waals surface area (Å²) in [5.74, 6) is 0. The van der Waals surface area contributed by atoms with Crippen LogP contribution in [-0.2, 0) is 14.2 Å². The van der Waals surface area contributed by atoms with Crippen LogP contribution in [0.3, 0.4) is 0 Å². The molecule has 0 aromatic heterocycles. The minimum Gasteiger partial charge on any atom is -0.443 e. The van der Waals surface area contributed by atoms with Crippen LogP contribution < -0.4 is 5.43 Å². The molecule has 0 heterocycles. The van der Waals surface area contributed by atoms with E-state index in [9.17, 15) is 4.79 Å². The highest BCUT2D eigenvalue weighted by molar-refractivity contribution is 5.67. The number of nitrogens with zero attached hydrogens (tertiary/aromatic N) is 1. The van der Waals surface area contributed by atoms with Crippen molar-refractivity contribution in [2.45, 2.75) is 46.1 Å². The van der Waals surface area contributed by atoms with Crippen molar-refractivity contribution in [1.82, 2.24) is 10.4 Å². The van der Waals surface area contributed by atoms with Gasteiger partial charge in [0, 0.05) is 20.2 Å². The zero-order valence-electron chi connectivity index (χ0n) is 13.5. The van der Waals surface area contributed by atoms with Crippen molar-refractivity contribution >= 4 is 6.09 Å². The van der Waals surface area contributed by atoms with Crippen LogP contribution in [0.4, 0.5) is 4.79 Å². The van der Waals surface area contributed by atoms with Crippen LogP contribution in [-0.4, -0.2) is 56.7 Å². The van der Waals surface area contributed by atoms with E-state index in [1.54, 1.807) is 7.11 Å². The Labute approximate surface area is 122 Å². The molecule has 0 bridgehead atoms. The molecule has 1 amide bonds. The summed E-state index contributed by atoms with van der Waals surface area (Å²) in [4.78, 5) is 11.7. The monoisotopic (exact) mass is 290 g/mol. The van der Waals surface area contributed by atoms with E-state index >= 15 is 0 Å². The number of methoxy groups -OCH3 is 1. The number of rotatable bonds is 10. The van der Waals surface area contributed by atoms with Crippen molar-refractivity contribution in [3.8, 4) is 0 Å². The smallest absolute Gasteiger partial charge is 0.422 e. The molecule has 0 aromatic rings. The summed E-state index contributed by atoms with van der Waals surface area (Å²) in [6, 6.07) is 0. The summed E-state index contributed by atoms with van der Waals surface area (Å²) < 4.78 is 15.6. The Kier molecular flexibility index (Phi) is 10.4. The SMILES string of the molecule is CCCCN(CCOCCOC)NC(=O)OC(C)(C)C. The van der Waals surface area contributed by atoms with Crippen LogP contribution in [0.5, 0.6) is 0 Å². The van der Waals surface area contributed by atoms with Crippen LogP contribution in [0.25, 0.3) is 0 Å². The molecule has 0 atom stereocenters. The predicted molar refractivity (Wildman–Crippen MR) is 78.5 cm³/mol. The van der Waals surface area contributed by atoms with Gasteiger partial charge >= 0.3 is 6.09 Å². The fourth-order valence-electron chi connectivity index (χ4n) is 1.42. The van der Waals surface area contributed by atoms with Gasteiger partial charge in [0.1, 0.15) is 5.60 Å². The second-order valence-corrected chi connectivity index (χ2v) is 5.56. The Bertz CT molecular complexity index is 254. The van der Waals surface area contributed by atoms with Gasteiger partial charge in [-0.1, -0.05) is 13.3 Å². The van der Waals surface area contributed by atoms with Crippen molar-refractivity contribution in [3.63, 3.8) is 0 Å². The molecule has 0 unspecified atom stereocenters. The predicted octanol–water partition coefficient (Wildman–Crippen LogP) is 2.19. The van der Waals surface area contributed by atoms with Gasteiger partial charge < -0.3 is 14.2 Å². The maximum atomic E-state index is 11.7. The first-order valence-corrected chi connectivity index (χ1v) is 7.20. The van der Waals surface area contributed by atoms with Crippen LogP contribution in [0.15, 0.2) is 0 Å². The van der Waals surface area contributed by atoms with Crippen molar-refractivity contribution in [2.24, 2.45) is 0 Å². The molecule has 6 nitrogen and oxygen atoms in total. The normalized spacial score (nSPS) is 11.7. The second kappa shape index (κ2) is 10.9. The summed E-state index contributed by atoms with van der Waals surface area (Å²) in [6.45, 7) is 10.7. The highest BCUT2D eigenvalue weighted by atomic mass is 16.6. The lowest BCUT2D eigenvalue weighted by atomic mass is 10.2. The summed E-state index contributed by atoms with van der Waals surface area (Å²) in [6.07, 6.45) is 1.65. The third kappa shape index (κ3) is 12.2. The van der Waals surface area contributed by atoms with E-state index in [2.05, 4.69) is 12.3 Å². The Morgan fingerprint density at radius 1 is 1.15 bits per heavy atom. The number of hydrazine groups is 1. The maximum absolute atomic E-state index is 11.7. The first kappa shape index (κ1) is 19.1. The standard InChI is InChI=1S/C14H30N2O4/c1-6-7-8-16(9-10-19-12-11-18-5)15-13(17)20-14(2,3)4/h6-12H2,1-5H3,(H,15,17). The molecule has 0 saturated heterocycles. The van der Waals surface area contributed by atoms with E-state index < -0.39 is 11.7 Å². The van der Waals surface area contributed by atoms with E-state index in [1.807, 2.05) is 25.8 Å². The number of hydrogen-bond donors (Lipinski definition) is 1. The molecule has 6 heteroatoms. The quantitative estimate of drug-likeness (QED) is 0.494. The first-order valence-electron chi connectivity index (χ1n) is 7.20. The molecule has 20 heavy (non-hydrogen) atoms. The molecule has 0 aliphatic carbocycles. The van der Waals surface area contributed by atoms with E-state index in [1.165, 1.54) is 0 Å².